The van der Waals surface area contributed by atoms with Crippen molar-refractivity contribution in [2.75, 3.05) is 30.9 Å². The molecule has 0 radical (unpaired) electrons. The third-order valence-corrected chi connectivity index (χ3v) is 7.32. The van der Waals surface area contributed by atoms with E-state index in [1.807, 2.05) is 19.4 Å². The minimum absolute atomic E-state index is 0. The van der Waals surface area contributed by atoms with Gasteiger partial charge in [-0.05, 0) is 54.7 Å². The first-order valence-electron chi connectivity index (χ1n) is 11.8. The minimum Gasteiger partial charge on any atom is -0.476 e. The van der Waals surface area contributed by atoms with E-state index in [-0.39, 0.29) is 11.0 Å². The summed E-state index contributed by atoms with van der Waals surface area (Å²) in [5.74, 6) is 1.96. The zero-order valence-corrected chi connectivity index (χ0v) is 21.8. The Hall–Kier alpha value is -3.21. The highest BCUT2D eigenvalue weighted by molar-refractivity contribution is 7.98. The number of nitrogens with zero attached hydrogens (tertiary/aromatic N) is 6. The van der Waals surface area contributed by atoms with Crippen LogP contribution in [0.5, 0.6) is 5.88 Å². The van der Waals surface area contributed by atoms with Crippen molar-refractivity contribution in [3.63, 3.8) is 0 Å². The Morgan fingerprint density at radius 3 is 2.33 bits per heavy atom. The summed E-state index contributed by atoms with van der Waals surface area (Å²) in [6, 6.07) is 8.59. The number of anilines is 1. The van der Waals surface area contributed by atoms with Crippen LogP contribution in [0, 0.1) is 5.92 Å². The van der Waals surface area contributed by atoms with Crippen molar-refractivity contribution in [2.45, 2.75) is 31.1 Å². The maximum atomic E-state index is 6.27. The topological polar surface area (TPSA) is 132 Å². The van der Waals surface area contributed by atoms with Crippen molar-refractivity contribution < 1.29 is 15.7 Å². The molecule has 1 aliphatic rings. The molecule has 0 amide bonds. The zero-order chi connectivity index (χ0) is 23.5. The first-order chi connectivity index (χ1) is 16.7. The summed E-state index contributed by atoms with van der Waals surface area (Å²) in [6.07, 6.45) is 12.7. The molecule has 5 rings (SSSR count). The molecule has 1 fully saturated rings. The molecule has 0 bridgehead atoms. The molecule has 192 valence electrons. The van der Waals surface area contributed by atoms with E-state index in [0.29, 0.717) is 18.4 Å². The van der Waals surface area contributed by atoms with Gasteiger partial charge in [-0.25, -0.2) is 15.0 Å². The molecule has 10 heteroatoms. The largest absolute Gasteiger partial charge is 0.476 e. The normalized spacial score (nSPS) is 13.8. The second-order valence-corrected chi connectivity index (χ2v) is 9.62. The standard InChI is InChI=1S/C26H30N6OS.2H2O/c1-4-18-13-27-26(28-14-18)32-11-9-19(10-12-32)16-33-25-24-23(29-17-30-25)22(15-31(24)2)20-5-7-21(34-3)8-6-20;;/h5-8,13-15,17,19H,4,9-12,16H2,1-3H3;2*1H2. The monoisotopic (exact) mass is 510 g/mol. The van der Waals surface area contributed by atoms with Crippen LogP contribution in [0.4, 0.5) is 5.95 Å². The minimum atomic E-state index is 0. The van der Waals surface area contributed by atoms with Gasteiger partial charge in [0, 0.05) is 49.2 Å². The number of thioether (sulfide) groups is 1. The average molecular weight is 511 g/mol. The van der Waals surface area contributed by atoms with Gasteiger partial charge in [0.15, 0.2) is 0 Å². The third-order valence-electron chi connectivity index (χ3n) is 6.57. The molecule has 1 saturated heterocycles. The van der Waals surface area contributed by atoms with E-state index in [1.54, 1.807) is 18.1 Å². The number of benzene rings is 1. The molecule has 0 aliphatic carbocycles. The summed E-state index contributed by atoms with van der Waals surface area (Å²) >= 11 is 1.74. The summed E-state index contributed by atoms with van der Waals surface area (Å²) in [4.78, 5) is 21.7. The molecule has 1 aliphatic heterocycles. The highest BCUT2D eigenvalue weighted by atomic mass is 32.2. The van der Waals surface area contributed by atoms with Crippen LogP contribution in [0.25, 0.3) is 22.2 Å². The number of fused-ring (bicyclic) bond motifs is 1. The van der Waals surface area contributed by atoms with Crippen molar-refractivity contribution in [3.8, 4) is 17.0 Å². The molecule has 4 aromatic rings. The molecule has 3 aromatic heterocycles. The van der Waals surface area contributed by atoms with Gasteiger partial charge in [-0.15, -0.1) is 11.8 Å². The van der Waals surface area contributed by atoms with Crippen LogP contribution in [0.1, 0.15) is 25.3 Å². The fraction of sp³-hybridized carbons (Fsp3) is 0.385. The van der Waals surface area contributed by atoms with Crippen molar-refractivity contribution in [1.82, 2.24) is 24.5 Å². The lowest BCUT2D eigenvalue weighted by Gasteiger charge is -2.31. The quantitative estimate of drug-likeness (QED) is 0.348. The van der Waals surface area contributed by atoms with Crippen molar-refractivity contribution >= 4 is 28.7 Å². The van der Waals surface area contributed by atoms with Gasteiger partial charge < -0.3 is 25.2 Å². The summed E-state index contributed by atoms with van der Waals surface area (Å²) < 4.78 is 8.34. The predicted octanol–water partition coefficient (Wildman–Crippen LogP) is 3.36. The van der Waals surface area contributed by atoms with Crippen LogP contribution in [0.2, 0.25) is 0 Å². The molecule has 4 N–H and O–H groups in total. The van der Waals surface area contributed by atoms with Crippen molar-refractivity contribution in [1.29, 1.82) is 0 Å². The van der Waals surface area contributed by atoms with E-state index < -0.39 is 0 Å². The number of aromatic nitrogens is 5. The number of rotatable bonds is 7. The second-order valence-electron chi connectivity index (χ2n) is 8.74. The van der Waals surface area contributed by atoms with Crippen molar-refractivity contribution in [3.05, 3.63) is 54.7 Å². The molecule has 9 nitrogen and oxygen atoms in total. The van der Waals surface area contributed by atoms with Crippen molar-refractivity contribution in [2.24, 2.45) is 13.0 Å². The molecule has 0 unspecified atom stereocenters. The van der Waals surface area contributed by atoms with Gasteiger partial charge in [0.05, 0.1) is 6.61 Å². The number of ether oxygens (including phenoxy) is 1. The van der Waals surface area contributed by atoms with E-state index in [9.17, 15) is 0 Å². The van der Waals surface area contributed by atoms with Gasteiger partial charge in [-0.1, -0.05) is 19.1 Å². The summed E-state index contributed by atoms with van der Waals surface area (Å²) in [6.45, 7) is 4.66. The average Bonchev–Trinajstić information content (AvgIpc) is 3.25. The lowest BCUT2D eigenvalue weighted by Crippen LogP contribution is -2.36. The maximum absolute atomic E-state index is 6.27. The zero-order valence-electron chi connectivity index (χ0n) is 20.9. The van der Waals surface area contributed by atoms with Crippen LogP contribution in [-0.2, 0) is 13.5 Å². The van der Waals surface area contributed by atoms with E-state index in [4.69, 9.17) is 4.74 Å². The van der Waals surface area contributed by atoms with Crippen LogP contribution in [0.3, 0.4) is 0 Å². The second kappa shape index (κ2) is 12.2. The molecular weight excluding hydrogens is 476 g/mol. The molecule has 0 atom stereocenters. The number of piperidine rings is 1. The Balaban J connectivity index is 0.00000180. The van der Waals surface area contributed by atoms with Gasteiger partial charge in [-0.3, -0.25) is 0 Å². The summed E-state index contributed by atoms with van der Waals surface area (Å²) in [5.41, 5.74) is 5.28. The van der Waals surface area contributed by atoms with Gasteiger partial charge in [0.25, 0.3) is 0 Å². The van der Waals surface area contributed by atoms with E-state index >= 15 is 0 Å². The number of aryl methyl sites for hydroxylation is 2. The SMILES string of the molecule is CCc1cnc(N2CCC(COc3ncnc4c(-c5ccc(SC)cc5)cn(C)c34)CC2)nc1.O.O. The van der Waals surface area contributed by atoms with Crippen LogP contribution in [0.15, 0.2) is 54.1 Å². The first-order valence-corrected chi connectivity index (χ1v) is 13.0. The van der Waals surface area contributed by atoms with Gasteiger partial charge in [0.2, 0.25) is 11.8 Å². The smallest absolute Gasteiger partial charge is 0.241 e. The van der Waals surface area contributed by atoms with Gasteiger partial charge >= 0.3 is 0 Å². The highest BCUT2D eigenvalue weighted by Crippen LogP contribution is 2.33. The summed E-state index contributed by atoms with van der Waals surface area (Å²) in [7, 11) is 2.03. The maximum Gasteiger partial charge on any atom is 0.241 e. The molecule has 0 spiro atoms. The number of hydrogen-bond donors (Lipinski definition) is 0. The Bertz CT molecular complexity index is 1260. The molecular formula is C26H34N6O3S. The van der Waals surface area contributed by atoms with E-state index in [2.05, 4.69) is 73.0 Å². The van der Waals surface area contributed by atoms with Crippen LogP contribution < -0.4 is 9.64 Å². The Morgan fingerprint density at radius 2 is 1.69 bits per heavy atom. The lowest BCUT2D eigenvalue weighted by molar-refractivity contribution is 0.217. The van der Waals surface area contributed by atoms with Gasteiger partial charge in [-0.2, -0.15) is 4.98 Å². The molecule has 0 saturated carbocycles. The predicted molar refractivity (Wildman–Crippen MR) is 145 cm³/mol. The lowest BCUT2D eigenvalue weighted by atomic mass is 9.98. The number of hydrogen-bond acceptors (Lipinski definition) is 7. The molecule has 36 heavy (non-hydrogen) atoms. The van der Waals surface area contributed by atoms with Gasteiger partial charge in [0.1, 0.15) is 17.4 Å². The molecule has 1 aromatic carbocycles. The Morgan fingerprint density at radius 1 is 1.00 bits per heavy atom. The third kappa shape index (κ3) is 5.61. The Labute approximate surface area is 215 Å². The Kier molecular flexibility index (Phi) is 9.25. The van der Waals surface area contributed by atoms with Crippen LogP contribution >= 0.6 is 11.8 Å². The molecule has 4 heterocycles. The summed E-state index contributed by atoms with van der Waals surface area (Å²) in [5, 5.41) is 0. The fourth-order valence-corrected chi connectivity index (χ4v) is 4.88. The first kappa shape index (κ1) is 27.4. The van der Waals surface area contributed by atoms with E-state index in [1.165, 1.54) is 10.5 Å². The van der Waals surface area contributed by atoms with E-state index in [0.717, 1.165) is 60.5 Å². The van der Waals surface area contributed by atoms with Crippen LogP contribution in [-0.4, -0.2) is 61.4 Å². The fourth-order valence-electron chi connectivity index (χ4n) is 4.47. The highest BCUT2D eigenvalue weighted by Gasteiger charge is 2.23.